The minimum atomic E-state index is -4.82. The van der Waals surface area contributed by atoms with Gasteiger partial charge in [0.2, 0.25) is 5.91 Å². The highest BCUT2D eigenvalue weighted by Gasteiger charge is 2.42. The Kier molecular flexibility index (Phi) is 8.51. The standard InChI is InChI=1S/C25H31F3N6O5/c1-29-22(35)9-15-8-18(14-33(13-15)23(36)30-2)34(17-6-7-17)24(37)31-12-20-11-21(32-39-20)16-4-3-5-19(10-16)38-25(26,27)28/h3-5,10-11,15,17-18H,6-9,12-14H2,1-2H3,(H,29,35)(H,30,36)(H,31,37). The summed E-state index contributed by atoms with van der Waals surface area (Å²) in [6.45, 7) is 0.762. The van der Waals surface area contributed by atoms with Gasteiger partial charge in [-0.2, -0.15) is 0 Å². The van der Waals surface area contributed by atoms with E-state index in [4.69, 9.17) is 4.52 Å². The summed E-state index contributed by atoms with van der Waals surface area (Å²) in [7, 11) is 3.10. The number of benzene rings is 1. The Labute approximate surface area is 223 Å². The van der Waals surface area contributed by atoms with Gasteiger partial charge in [0.1, 0.15) is 11.4 Å². The number of aromatic nitrogens is 1. The number of piperidine rings is 1. The molecule has 1 aliphatic heterocycles. The highest BCUT2D eigenvalue weighted by atomic mass is 19.4. The van der Waals surface area contributed by atoms with Gasteiger partial charge in [0.15, 0.2) is 5.76 Å². The van der Waals surface area contributed by atoms with Crippen molar-refractivity contribution in [2.24, 2.45) is 5.92 Å². The number of nitrogens with zero attached hydrogens (tertiary/aromatic N) is 3. The summed E-state index contributed by atoms with van der Waals surface area (Å²) in [4.78, 5) is 41.1. The summed E-state index contributed by atoms with van der Waals surface area (Å²) in [5, 5.41) is 12.0. The number of hydrogen-bond acceptors (Lipinski definition) is 6. The van der Waals surface area contributed by atoms with Crippen LogP contribution in [0.3, 0.4) is 0 Å². The van der Waals surface area contributed by atoms with Crippen LogP contribution in [0.2, 0.25) is 0 Å². The van der Waals surface area contributed by atoms with Crippen molar-refractivity contribution < 1.29 is 36.8 Å². The van der Waals surface area contributed by atoms with Crippen LogP contribution in [0, 0.1) is 5.92 Å². The fraction of sp³-hybridized carbons (Fsp3) is 0.520. The topological polar surface area (TPSA) is 129 Å². The fourth-order valence-corrected chi connectivity index (χ4v) is 4.83. The summed E-state index contributed by atoms with van der Waals surface area (Å²) in [5.41, 5.74) is 0.646. The quantitative estimate of drug-likeness (QED) is 0.462. The molecule has 5 amide bonds. The van der Waals surface area contributed by atoms with Gasteiger partial charge in [-0.15, -0.1) is 13.2 Å². The van der Waals surface area contributed by atoms with Crippen LogP contribution < -0.4 is 20.7 Å². The predicted octanol–water partition coefficient (Wildman–Crippen LogP) is 3.08. The Hall–Kier alpha value is -3.97. The van der Waals surface area contributed by atoms with Crippen molar-refractivity contribution in [2.75, 3.05) is 27.2 Å². The van der Waals surface area contributed by atoms with Gasteiger partial charge in [-0.3, -0.25) is 4.79 Å². The normalized spacial score (nSPS) is 19.3. The number of nitrogens with one attached hydrogen (secondary N) is 3. The predicted molar refractivity (Wildman–Crippen MR) is 132 cm³/mol. The number of likely N-dealkylation sites (tertiary alicyclic amines) is 1. The van der Waals surface area contributed by atoms with Gasteiger partial charge < -0.3 is 35.0 Å². The maximum Gasteiger partial charge on any atom is 0.573 e. The van der Waals surface area contributed by atoms with Crippen LogP contribution >= 0.6 is 0 Å². The number of halogens is 3. The first-order valence-electron chi connectivity index (χ1n) is 12.6. The van der Waals surface area contributed by atoms with Gasteiger partial charge in [-0.25, -0.2) is 9.59 Å². The molecule has 0 radical (unpaired) electrons. The molecular formula is C25H31F3N6O5. The van der Waals surface area contributed by atoms with Gasteiger partial charge in [0.05, 0.1) is 12.6 Å². The Balaban J connectivity index is 1.42. The summed E-state index contributed by atoms with van der Waals surface area (Å²) >= 11 is 0. The average molecular weight is 553 g/mol. The van der Waals surface area contributed by atoms with Gasteiger partial charge in [0, 0.05) is 51.3 Å². The lowest BCUT2D eigenvalue weighted by Crippen LogP contribution is -2.58. The van der Waals surface area contributed by atoms with E-state index in [2.05, 4.69) is 25.8 Å². The van der Waals surface area contributed by atoms with Gasteiger partial charge in [0.25, 0.3) is 0 Å². The molecule has 1 aromatic carbocycles. The van der Waals surface area contributed by atoms with E-state index in [1.165, 1.54) is 31.3 Å². The van der Waals surface area contributed by atoms with E-state index in [9.17, 15) is 27.6 Å². The van der Waals surface area contributed by atoms with Crippen molar-refractivity contribution in [3.8, 4) is 17.0 Å². The lowest BCUT2D eigenvalue weighted by molar-refractivity contribution is -0.274. The highest BCUT2D eigenvalue weighted by Crippen LogP contribution is 2.34. The van der Waals surface area contributed by atoms with Gasteiger partial charge in [-0.05, 0) is 37.3 Å². The van der Waals surface area contributed by atoms with E-state index < -0.39 is 6.36 Å². The Bertz CT molecular complexity index is 1180. The molecule has 212 valence electrons. The largest absolute Gasteiger partial charge is 0.573 e. The minimum absolute atomic E-state index is 0.00133. The maximum atomic E-state index is 13.3. The Morgan fingerprint density at radius 1 is 1.13 bits per heavy atom. The molecule has 1 saturated heterocycles. The Morgan fingerprint density at radius 3 is 2.56 bits per heavy atom. The van der Waals surface area contributed by atoms with E-state index in [0.29, 0.717) is 30.8 Å². The van der Waals surface area contributed by atoms with E-state index in [-0.39, 0.29) is 60.4 Å². The monoisotopic (exact) mass is 552 g/mol. The number of ether oxygens (including phenoxy) is 1. The molecular weight excluding hydrogens is 521 g/mol. The number of carbonyl (C=O) groups is 3. The summed E-state index contributed by atoms with van der Waals surface area (Å²) in [6, 6.07) is 6.02. The van der Waals surface area contributed by atoms with E-state index >= 15 is 0 Å². The molecule has 39 heavy (non-hydrogen) atoms. The Morgan fingerprint density at radius 2 is 1.90 bits per heavy atom. The molecule has 2 fully saturated rings. The highest BCUT2D eigenvalue weighted by molar-refractivity contribution is 5.78. The summed E-state index contributed by atoms with van der Waals surface area (Å²) in [5.74, 6) is -0.309. The third kappa shape index (κ3) is 7.54. The van der Waals surface area contributed by atoms with E-state index in [1.54, 1.807) is 22.9 Å². The van der Waals surface area contributed by atoms with Crippen LogP contribution in [-0.4, -0.2) is 78.6 Å². The molecule has 1 saturated carbocycles. The molecule has 0 spiro atoms. The number of carbonyl (C=O) groups excluding carboxylic acids is 3. The minimum Gasteiger partial charge on any atom is -0.406 e. The molecule has 1 aliphatic carbocycles. The maximum absolute atomic E-state index is 13.3. The molecule has 2 aromatic rings. The average Bonchev–Trinajstić information content (AvgIpc) is 3.60. The zero-order valence-corrected chi connectivity index (χ0v) is 21.6. The number of rotatable bonds is 8. The second-order valence-corrected chi connectivity index (χ2v) is 9.64. The molecule has 0 bridgehead atoms. The molecule has 2 atom stereocenters. The van der Waals surface area contributed by atoms with Crippen molar-refractivity contribution in [1.29, 1.82) is 0 Å². The van der Waals surface area contributed by atoms with Crippen molar-refractivity contribution >= 4 is 18.0 Å². The van der Waals surface area contributed by atoms with Crippen LogP contribution in [0.25, 0.3) is 11.3 Å². The number of urea groups is 2. The second-order valence-electron chi connectivity index (χ2n) is 9.64. The molecule has 2 unspecified atom stereocenters. The zero-order chi connectivity index (χ0) is 28.2. The lowest BCUT2D eigenvalue weighted by Gasteiger charge is -2.42. The number of hydrogen-bond donors (Lipinski definition) is 3. The molecule has 1 aromatic heterocycles. The summed E-state index contributed by atoms with van der Waals surface area (Å²) in [6.07, 6.45) is -2.31. The van der Waals surface area contributed by atoms with Crippen molar-refractivity contribution in [2.45, 2.75) is 50.7 Å². The molecule has 3 N–H and O–H groups in total. The summed E-state index contributed by atoms with van der Waals surface area (Å²) < 4.78 is 46.9. The first-order chi connectivity index (χ1) is 18.6. The first kappa shape index (κ1) is 28.0. The third-order valence-electron chi connectivity index (χ3n) is 6.67. The smallest absolute Gasteiger partial charge is 0.406 e. The number of alkyl halides is 3. The molecule has 2 heterocycles. The van der Waals surface area contributed by atoms with E-state index in [1.807, 2.05) is 0 Å². The van der Waals surface area contributed by atoms with Crippen LogP contribution in [0.4, 0.5) is 22.8 Å². The van der Waals surface area contributed by atoms with Crippen LogP contribution in [0.5, 0.6) is 5.75 Å². The third-order valence-corrected chi connectivity index (χ3v) is 6.67. The van der Waals surface area contributed by atoms with E-state index in [0.717, 1.165) is 12.8 Å². The van der Waals surface area contributed by atoms with Crippen molar-refractivity contribution in [1.82, 2.24) is 30.9 Å². The van der Waals surface area contributed by atoms with Crippen molar-refractivity contribution in [3.63, 3.8) is 0 Å². The molecule has 4 rings (SSSR count). The van der Waals surface area contributed by atoms with Gasteiger partial charge in [-0.1, -0.05) is 17.3 Å². The van der Waals surface area contributed by atoms with Crippen LogP contribution in [-0.2, 0) is 11.3 Å². The zero-order valence-electron chi connectivity index (χ0n) is 21.6. The fourth-order valence-electron chi connectivity index (χ4n) is 4.83. The van der Waals surface area contributed by atoms with Crippen molar-refractivity contribution in [3.05, 3.63) is 36.1 Å². The van der Waals surface area contributed by atoms with Gasteiger partial charge >= 0.3 is 18.4 Å². The van der Waals surface area contributed by atoms with Crippen LogP contribution in [0.15, 0.2) is 34.9 Å². The molecule has 11 nitrogen and oxygen atoms in total. The lowest BCUT2D eigenvalue weighted by atomic mass is 9.90. The SMILES string of the molecule is CNC(=O)CC1CC(N(C(=O)NCc2cc(-c3cccc(OC(F)(F)F)c3)no2)C2CC2)CN(C(=O)NC)C1. The van der Waals surface area contributed by atoms with Crippen LogP contribution in [0.1, 0.15) is 31.4 Å². The first-order valence-corrected chi connectivity index (χ1v) is 12.6. The molecule has 2 aliphatic rings. The molecule has 14 heteroatoms. The number of amides is 5. The second kappa shape index (κ2) is 11.8.